The van der Waals surface area contributed by atoms with Crippen LogP contribution in [0, 0.1) is 12.8 Å². The van der Waals surface area contributed by atoms with Gasteiger partial charge in [-0.2, -0.15) is 4.31 Å². The molecule has 3 heterocycles. The lowest BCUT2D eigenvalue weighted by Gasteiger charge is -2.24. The van der Waals surface area contributed by atoms with Gasteiger partial charge in [0.2, 0.25) is 10.0 Å². The number of nitrogens with zero attached hydrogens (tertiary/aromatic N) is 4. The first kappa shape index (κ1) is 28.8. The normalized spacial score (nSPS) is 18.9. The zero-order valence-corrected chi connectivity index (χ0v) is 24.6. The summed E-state index contributed by atoms with van der Waals surface area (Å²) in [4.78, 5) is 21.2. The van der Waals surface area contributed by atoms with E-state index in [1.54, 1.807) is 27.0 Å². The molecule has 2 aromatic heterocycles. The van der Waals surface area contributed by atoms with Crippen LogP contribution in [0.1, 0.15) is 82.7 Å². The molecule has 0 bridgehead atoms. The Morgan fingerprint density at radius 1 is 1.15 bits per heavy atom. The van der Waals surface area contributed by atoms with Crippen molar-refractivity contribution in [3.05, 3.63) is 40.1 Å². The first-order chi connectivity index (χ1) is 19.3. The second-order valence-corrected chi connectivity index (χ2v) is 12.9. The smallest absolute Gasteiger partial charge is 0.277 e. The molecule has 1 aromatic carbocycles. The van der Waals surface area contributed by atoms with E-state index in [0.717, 1.165) is 37.9 Å². The van der Waals surface area contributed by atoms with Gasteiger partial charge in [0, 0.05) is 25.6 Å². The highest BCUT2D eigenvalue weighted by molar-refractivity contribution is 7.89. The van der Waals surface area contributed by atoms with Crippen LogP contribution in [-0.2, 0) is 14.8 Å². The molecule has 1 aliphatic carbocycles. The van der Waals surface area contributed by atoms with Gasteiger partial charge >= 0.3 is 0 Å². The Labute approximate surface area is 236 Å². The van der Waals surface area contributed by atoms with Crippen molar-refractivity contribution in [3.63, 3.8) is 0 Å². The van der Waals surface area contributed by atoms with Gasteiger partial charge in [0.05, 0.1) is 29.4 Å². The Balaban J connectivity index is 1.60. The largest absolute Gasteiger partial charge is 0.493 e. The van der Waals surface area contributed by atoms with Crippen molar-refractivity contribution < 1.29 is 17.9 Å². The van der Waals surface area contributed by atoms with Crippen molar-refractivity contribution in [1.29, 1.82) is 0 Å². The van der Waals surface area contributed by atoms with Crippen LogP contribution >= 0.6 is 0 Å². The van der Waals surface area contributed by atoms with Crippen molar-refractivity contribution in [2.75, 3.05) is 32.9 Å². The summed E-state index contributed by atoms with van der Waals surface area (Å²) in [5.74, 6) is 1.93. The lowest BCUT2D eigenvalue weighted by Crippen LogP contribution is -2.36. The SMILES string of the molecule is CCCN(CC1CCOC1)S(=O)(=O)c1ccc(OCC)c(-c2nn3c(C4CCCCCC4)nc(C)c3c(=O)[nH]2)c1. The predicted molar refractivity (Wildman–Crippen MR) is 153 cm³/mol. The Morgan fingerprint density at radius 3 is 2.60 bits per heavy atom. The van der Waals surface area contributed by atoms with Crippen LogP contribution in [0.25, 0.3) is 16.9 Å². The van der Waals surface area contributed by atoms with Gasteiger partial charge in [-0.15, -0.1) is 5.10 Å². The van der Waals surface area contributed by atoms with Gasteiger partial charge < -0.3 is 14.5 Å². The number of benzene rings is 1. The number of rotatable bonds is 10. The molecule has 1 saturated carbocycles. The summed E-state index contributed by atoms with van der Waals surface area (Å²) >= 11 is 0. The molecule has 40 heavy (non-hydrogen) atoms. The fourth-order valence-electron chi connectivity index (χ4n) is 5.98. The maximum absolute atomic E-state index is 13.9. The van der Waals surface area contributed by atoms with Crippen LogP contribution in [0.4, 0.5) is 0 Å². The number of hydrogen-bond donors (Lipinski definition) is 1. The van der Waals surface area contributed by atoms with Gasteiger partial charge in [0.1, 0.15) is 11.6 Å². The lowest BCUT2D eigenvalue weighted by molar-refractivity contribution is 0.180. The average molecular weight is 572 g/mol. The minimum Gasteiger partial charge on any atom is -0.493 e. The highest BCUT2D eigenvalue weighted by Crippen LogP contribution is 2.34. The number of H-pyrrole nitrogens is 1. The molecule has 5 rings (SSSR count). The standard InChI is InChI=1S/C29H41N5O5S/c1-4-15-33(18-21-14-16-38-19-21)40(36,37)23-12-13-25(39-5-2)24(17-23)27-31-29(35)26-20(3)30-28(34(26)32-27)22-10-8-6-7-9-11-22/h12-13,17,21-22H,4-11,14-16,18-19H2,1-3H3,(H,31,32,35). The van der Waals surface area contributed by atoms with Crippen LogP contribution < -0.4 is 10.3 Å². The highest BCUT2D eigenvalue weighted by atomic mass is 32.2. The molecule has 0 spiro atoms. The molecule has 218 valence electrons. The van der Waals surface area contributed by atoms with Crippen LogP contribution in [0.15, 0.2) is 27.9 Å². The number of fused-ring (bicyclic) bond motifs is 1. The van der Waals surface area contributed by atoms with Crippen molar-refractivity contribution in [1.82, 2.24) is 23.9 Å². The van der Waals surface area contributed by atoms with Crippen molar-refractivity contribution in [2.45, 2.75) is 83.0 Å². The predicted octanol–water partition coefficient (Wildman–Crippen LogP) is 4.67. The van der Waals surface area contributed by atoms with Gasteiger partial charge in [-0.1, -0.05) is 32.6 Å². The fourth-order valence-corrected chi connectivity index (χ4v) is 7.61. The zero-order chi connectivity index (χ0) is 28.3. The van der Waals surface area contributed by atoms with Gasteiger partial charge in [0.25, 0.3) is 5.56 Å². The second kappa shape index (κ2) is 12.4. The monoisotopic (exact) mass is 571 g/mol. The molecule has 1 atom stereocenters. The zero-order valence-electron chi connectivity index (χ0n) is 23.8. The molecule has 3 aromatic rings. The number of ether oxygens (including phenoxy) is 2. The van der Waals surface area contributed by atoms with E-state index in [9.17, 15) is 13.2 Å². The molecule has 0 amide bonds. The fraction of sp³-hybridized carbons (Fsp3) is 0.621. The Bertz CT molecular complexity index is 1480. The van der Waals surface area contributed by atoms with Crippen molar-refractivity contribution >= 4 is 15.5 Å². The molecule has 2 aliphatic rings. The van der Waals surface area contributed by atoms with E-state index < -0.39 is 10.0 Å². The number of aryl methyl sites for hydroxylation is 1. The molecule has 1 N–H and O–H groups in total. The summed E-state index contributed by atoms with van der Waals surface area (Å²) in [6, 6.07) is 4.81. The quantitative estimate of drug-likeness (QED) is 0.351. The van der Waals surface area contributed by atoms with E-state index in [0.29, 0.717) is 61.9 Å². The Kier molecular flexibility index (Phi) is 8.92. The Morgan fingerprint density at radius 2 is 1.93 bits per heavy atom. The van der Waals surface area contributed by atoms with E-state index in [4.69, 9.17) is 19.6 Å². The first-order valence-electron chi connectivity index (χ1n) is 14.7. The molecule has 1 saturated heterocycles. The lowest BCUT2D eigenvalue weighted by atomic mass is 10.00. The molecule has 10 nitrogen and oxygen atoms in total. The van der Waals surface area contributed by atoms with Crippen molar-refractivity contribution in [2.24, 2.45) is 5.92 Å². The van der Waals surface area contributed by atoms with E-state index in [1.807, 2.05) is 20.8 Å². The summed E-state index contributed by atoms with van der Waals surface area (Å²) in [5, 5.41) is 4.86. The molecular weight excluding hydrogens is 530 g/mol. The summed E-state index contributed by atoms with van der Waals surface area (Å²) in [6.45, 7) is 8.12. The van der Waals surface area contributed by atoms with E-state index >= 15 is 0 Å². The topological polar surface area (TPSA) is 119 Å². The molecular formula is C29H41N5O5S. The van der Waals surface area contributed by atoms with Crippen LogP contribution in [-0.4, -0.2) is 65.2 Å². The number of nitrogens with one attached hydrogen (secondary N) is 1. The minimum atomic E-state index is -3.81. The van der Waals surface area contributed by atoms with E-state index in [-0.39, 0.29) is 28.1 Å². The maximum Gasteiger partial charge on any atom is 0.277 e. The van der Waals surface area contributed by atoms with E-state index in [1.165, 1.54) is 12.8 Å². The molecule has 1 aliphatic heterocycles. The number of sulfonamides is 1. The summed E-state index contributed by atoms with van der Waals surface area (Å²) in [7, 11) is -3.81. The average Bonchev–Trinajstić information content (AvgIpc) is 3.47. The van der Waals surface area contributed by atoms with Gasteiger partial charge in [0.15, 0.2) is 11.3 Å². The summed E-state index contributed by atoms with van der Waals surface area (Å²) in [5.41, 5.74) is 1.20. The highest BCUT2D eigenvalue weighted by Gasteiger charge is 2.30. The third-order valence-electron chi connectivity index (χ3n) is 8.02. The summed E-state index contributed by atoms with van der Waals surface area (Å²) in [6.07, 6.45) is 8.25. The van der Waals surface area contributed by atoms with E-state index in [2.05, 4.69) is 4.98 Å². The van der Waals surface area contributed by atoms with Crippen LogP contribution in [0.5, 0.6) is 5.75 Å². The van der Waals surface area contributed by atoms with Crippen LogP contribution in [0.2, 0.25) is 0 Å². The number of imidazole rings is 1. The molecule has 1 unspecified atom stereocenters. The third kappa shape index (κ3) is 5.82. The Hall–Kier alpha value is -2.76. The number of hydrogen-bond acceptors (Lipinski definition) is 7. The number of aromatic amines is 1. The molecule has 11 heteroatoms. The van der Waals surface area contributed by atoms with Gasteiger partial charge in [-0.25, -0.2) is 17.9 Å². The molecule has 2 fully saturated rings. The van der Waals surface area contributed by atoms with Crippen molar-refractivity contribution in [3.8, 4) is 17.1 Å². The van der Waals surface area contributed by atoms with Gasteiger partial charge in [-0.3, -0.25) is 4.79 Å². The second-order valence-electron chi connectivity index (χ2n) is 11.0. The molecule has 0 radical (unpaired) electrons. The minimum absolute atomic E-state index is 0.145. The first-order valence-corrected chi connectivity index (χ1v) is 16.1. The number of aromatic nitrogens is 4. The van der Waals surface area contributed by atoms with Gasteiger partial charge in [-0.05, 0) is 63.6 Å². The summed E-state index contributed by atoms with van der Waals surface area (Å²) < 4.78 is 42.4. The maximum atomic E-state index is 13.9. The third-order valence-corrected chi connectivity index (χ3v) is 9.88. The van der Waals surface area contributed by atoms with Crippen LogP contribution in [0.3, 0.4) is 0 Å².